The fraction of sp³-hybridized carbons (Fsp3) is 0.222. The molecule has 1 unspecified atom stereocenters. The van der Waals surface area contributed by atoms with Crippen molar-refractivity contribution in [3.63, 3.8) is 0 Å². The summed E-state index contributed by atoms with van der Waals surface area (Å²) >= 11 is 0. The van der Waals surface area contributed by atoms with Gasteiger partial charge in [0.2, 0.25) is 5.91 Å². The Labute approximate surface area is 138 Å². The number of nitrogens with zero attached hydrogens (tertiary/aromatic N) is 2. The van der Waals surface area contributed by atoms with Crippen molar-refractivity contribution >= 4 is 16.9 Å². The van der Waals surface area contributed by atoms with Crippen LogP contribution in [0.4, 0.5) is 4.39 Å². The highest BCUT2D eigenvalue weighted by Crippen LogP contribution is 2.13. The van der Waals surface area contributed by atoms with Gasteiger partial charge in [-0.25, -0.2) is 9.37 Å². The van der Waals surface area contributed by atoms with E-state index in [0.717, 1.165) is 11.0 Å². The second kappa shape index (κ2) is 7.23. The van der Waals surface area contributed by atoms with E-state index in [0.29, 0.717) is 12.1 Å². The number of imidazole rings is 1. The lowest BCUT2D eigenvalue weighted by Crippen LogP contribution is -2.29. The van der Waals surface area contributed by atoms with E-state index in [-0.39, 0.29) is 24.7 Å². The number of carbonyl (C=O) groups is 1. The van der Waals surface area contributed by atoms with Crippen molar-refractivity contribution in [2.75, 3.05) is 6.54 Å². The first-order chi connectivity index (χ1) is 11.6. The molecule has 0 aliphatic heterocycles. The van der Waals surface area contributed by atoms with Crippen LogP contribution in [0.25, 0.3) is 11.0 Å². The fourth-order valence-corrected chi connectivity index (χ4v) is 2.51. The zero-order chi connectivity index (χ0) is 16.9. The lowest BCUT2D eigenvalue weighted by Gasteiger charge is -2.12. The topological polar surface area (TPSA) is 67.2 Å². The first kappa shape index (κ1) is 16.1. The molecular weight excluding hydrogens is 309 g/mol. The number of aliphatic hydroxyl groups excluding tert-OH is 1. The Morgan fingerprint density at radius 2 is 1.96 bits per heavy atom. The molecule has 6 heteroatoms. The fourth-order valence-electron chi connectivity index (χ4n) is 2.51. The Bertz CT molecular complexity index is 830. The summed E-state index contributed by atoms with van der Waals surface area (Å²) in [5.41, 5.74) is 2.44. The van der Waals surface area contributed by atoms with Gasteiger partial charge in [-0.3, -0.25) is 4.79 Å². The van der Waals surface area contributed by atoms with Gasteiger partial charge in [0.25, 0.3) is 0 Å². The monoisotopic (exact) mass is 327 g/mol. The number of carbonyl (C=O) groups excluding carboxylic acids is 1. The molecule has 24 heavy (non-hydrogen) atoms. The summed E-state index contributed by atoms with van der Waals surface area (Å²) in [7, 11) is 0. The normalized spacial score (nSPS) is 12.2. The van der Waals surface area contributed by atoms with Crippen molar-refractivity contribution in [2.24, 2.45) is 0 Å². The van der Waals surface area contributed by atoms with Gasteiger partial charge in [-0.1, -0.05) is 24.3 Å². The number of rotatable bonds is 6. The molecule has 0 aliphatic carbocycles. The maximum Gasteiger partial charge on any atom is 0.221 e. The van der Waals surface area contributed by atoms with Gasteiger partial charge in [-0.05, 0) is 29.8 Å². The molecule has 1 amide bonds. The van der Waals surface area contributed by atoms with E-state index in [4.69, 9.17) is 0 Å². The minimum Gasteiger partial charge on any atom is -0.387 e. The molecule has 3 aromatic rings. The first-order valence-corrected chi connectivity index (χ1v) is 7.73. The maximum absolute atomic E-state index is 12.9. The van der Waals surface area contributed by atoms with Crippen LogP contribution < -0.4 is 5.32 Å². The van der Waals surface area contributed by atoms with Crippen molar-refractivity contribution in [1.82, 2.24) is 14.9 Å². The van der Waals surface area contributed by atoms with Gasteiger partial charge in [0, 0.05) is 19.5 Å². The molecule has 3 rings (SSSR count). The average Bonchev–Trinajstić information content (AvgIpc) is 3.01. The molecule has 2 N–H and O–H groups in total. The summed E-state index contributed by atoms with van der Waals surface area (Å²) in [6.45, 7) is 0.605. The minimum atomic E-state index is -0.858. The average molecular weight is 327 g/mol. The lowest BCUT2D eigenvalue weighted by molar-refractivity contribution is -0.121. The summed E-state index contributed by atoms with van der Waals surface area (Å²) in [4.78, 5) is 16.2. The molecule has 0 spiro atoms. The number of hydrogen-bond acceptors (Lipinski definition) is 3. The minimum absolute atomic E-state index is 0.0924. The van der Waals surface area contributed by atoms with Crippen LogP contribution in [0.1, 0.15) is 18.1 Å². The van der Waals surface area contributed by atoms with Crippen LogP contribution in [0.2, 0.25) is 0 Å². The SMILES string of the molecule is O=C(CCn1cnc2ccccc21)NCC(O)c1ccc(F)cc1. The standard InChI is InChI=1S/C18H18FN3O2/c19-14-7-5-13(6-8-14)17(23)11-20-18(24)9-10-22-12-21-15-3-1-2-4-16(15)22/h1-8,12,17,23H,9-11H2,(H,20,24). The van der Waals surface area contributed by atoms with Crippen LogP contribution in [0.5, 0.6) is 0 Å². The van der Waals surface area contributed by atoms with Crippen LogP contribution in [0.15, 0.2) is 54.9 Å². The maximum atomic E-state index is 12.9. The molecule has 0 aliphatic rings. The van der Waals surface area contributed by atoms with Gasteiger partial charge in [-0.2, -0.15) is 0 Å². The molecule has 1 heterocycles. The lowest BCUT2D eigenvalue weighted by atomic mass is 10.1. The number of fused-ring (bicyclic) bond motifs is 1. The summed E-state index contributed by atoms with van der Waals surface area (Å²) in [5.74, 6) is -0.517. The molecule has 1 aromatic heterocycles. The molecule has 0 fully saturated rings. The molecule has 1 atom stereocenters. The van der Waals surface area contributed by atoms with Crippen LogP contribution in [-0.4, -0.2) is 27.1 Å². The Balaban J connectivity index is 1.50. The summed E-state index contributed by atoms with van der Waals surface area (Å²) in [6, 6.07) is 13.3. The van der Waals surface area contributed by atoms with Gasteiger partial charge in [0.15, 0.2) is 0 Å². The van der Waals surface area contributed by atoms with Gasteiger partial charge < -0.3 is 15.0 Å². The van der Waals surface area contributed by atoms with Crippen molar-refractivity contribution in [2.45, 2.75) is 19.1 Å². The van der Waals surface area contributed by atoms with Crippen molar-refractivity contribution in [3.8, 4) is 0 Å². The van der Waals surface area contributed by atoms with Gasteiger partial charge >= 0.3 is 0 Å². The number of nitrogens with one attached hydrogen (secondary N) is 1. The number of aromatic nitrogens is 2. The van der Waals surface area contributed by atoms with Crippen molar-refractivity contribution < 1.29 is 14.3 Å². The Kier molecular flexibility index (Phi) is 4.86. The van der Waals surface area contributed by atoms with Gasteiger partial charge in [-0.15, -0.1) is 0 Å². The Morgan fingerprint density at radius 3 is 2.75 bits per heavy atom. The third kappa shape index (κ3) is 3.78. The van der Waals surface area contributed by atoms with E-state index in [1.807, 2.05) is 28.8 Å². The van der Waals surface area contributed by atoms with E-state index >= 15 is 0 Å². The van der Waals surface area contributed by atoms with E-state index in [1.54, 1.807) is 6.33 Å². The number of amides is 1. The second-order valence-corrected chi connectivity index (χ2v) is 5.55. The predicted octanol–water partition coefficient (Wildman–Crippen LogP) is 2.42. The number of para-hydroxylation sites is 2. The van der Waals surface area contributed by atoms with E-state index in [1.165, 1.54) is 24.3 Å². The summed E-state index contributed by atoms with van der Waals surface area (Å²) in [6.07, 6.45) is 1.14. The van der Waals surface area contributed by atoms with Crippen molar-refractivity contribution in [1.29, 1.82) is 0 Å². The molecule has 0 radical (unpaired) electrons. The highest BCUT2D eigenvalue weighted by Gasteiger charge is 2.10. The molecule has 0 saturated heterocycles. The third-order valence-corrected chi connectivity index (χ3v) is 3.85. The van der Waals surface area contributed by atoms with Crippen LogP contribution >= 0.6 is 0 Å². The zero-order valence-corrected chi connectivity index (χ0v) is 13.0. The van der Waals surface area contributed by atoms with E-state index in [2.05, 4.69) is 10.3 Å². The van der Waals surface area contributed by atoms with E-state index < -0.39 is 6.10 Å². The largest absolute Gasteiger partial charge is 0.387 e. The number of halogens is 1. The molecule has 124 valence electrons. The molecule has 2 aromatic carbocycles. The predicted molar refractivity (Wildman–Crippen MR) is 88.7 cm³/mol. The summed E-state index contributed by atoms with van der Waals surface area (Å²) < 4.78 is 14.8. The van der Waals surface area contributed by atoms with Gasteiger partial charge in [0.05, 0.1) is 23.5 Å². The highest BCUT2D eigenvalue weighted by molar-refractivity contribution is 5.77. The number of aryl methyl sites for hydroxylation is 1. The molecule has 0 saturated carbocycles. The molecule has 5 nitrogen and oxygen atoms in total. The summed E-state index contributed by atoms with van der Waals surface area (Å²) in [5, 5.41) is 12.7. The van der Waals surface area contributed by atoms with Crippen LogP contribution in [0.3, 0.4) is 0 Å². The van der Waals surface area contributed by atoms with E-state index in [9.17, 15) is 14.3 Å². The van der Waals surface area contributed by atoms with Crippen LogP contribution in [-0.2, 0) is 11.3 Å². The number of benzene rings is 2. The number of aliphatic hydroxyl groups is 1. The Morgan fingerprint density at radius 1 is 1.21 bits per heavy atom. The number of hydrogen-bond donors (Lipinski definition) is 2. The van der Waals surface area contributed by atoms with Gasteiger partial charge in [0.1, 0.15) is 5.82 Å². The molecular formula is C18H18FN3O2. The highest BCUT2D eigenvalue weighted by atomic mass is 19.1. The first-order valence-electron chi connectivity index (χ1n) is 7.73. The smallest absolute Gasteiger partial charge is 0.221 e. The third-order valence-electron chi connectivity index (χ3n) is 3.85. The quantitative estimate of drug-likeness (QED) is 0.731. The second-order valence-electron chi connectivity index (χ2n) is 5.55. The molecule has 0 bridgehead atoms. The Hall–Kier alpha value is -2.73. The zero-order valence-electron chi connectivity index (χ0n) is 13.0. The van der Waals surface area contributed by atoms with Crippen LogP contribution in [0, 0.1) is 5.82 Å². The van der Waals surface area contributed by atoms with Crippen molar-refractivity contribution in [3.05, 3.63) is 66.2 Å².